The summed E-state index contributed by atoms with van der Waals surface area (Å²) in [5.74, 6) is 0.365. The maximum Gasteiger partial charge on any atom is 0.123 e. The van der Waals surface area contributed by atoms with Gasteiger partial charge in [0.05, 0.1) is 0 Å². The zero-order valence-electron chi connectivity index (χ0n) is 13.3. The van der Waals surface area contributed by atoms with E-state index in [2.05, 4.69) is 36.2 Å². The predicted molar refractivity (Wildman–Crippen MR) is 92.1 cm³/mol. The lowest BCUT2D eigenvalue weighted by molar-refractivity contribution is 0.176. The number of nitrogens with zero attached hydrogens (tertiary/aromatic N) is 1. The van der Waals surface area contributed by atoms with Gasteiger partial charge in [0.25, 0.3) is 0 Å². The molecule has 1 aliphatic heterocycles. The monoisotopic (exact) mass is 295 g/mol. The summed E-state index contributed by atoms with van der Waals surface area (Å²) < 4.78 is 0. The number of para-hydroxylation sites is 1. The van der Waals surface area contributed by atoms with Gasteiger partial charge in [0.2, 0.25) is 0 Å². The van der Waals surface area contributed by atoms with Crippen molar-refractivity contribution in [1.29, 1.82) is 0 Å². The van der Waals surface area contributed by atoms with Crippen LogP contribution in [0.2, 0.25) is 0 Å². The molecule has 0 radical (unpaired) electrons. The standard InChI is InChI=1S/C20H25NO/c1-21-15-7-6-9-17(21)14-13-16-8-2-3-10-18(16)19-11-4-5-12-20(19)22/h2-5,8,10-12,17,22H,6-7,9,13-15H2,1H3. The maximum atomic E-state index is 10.1. The van der Waals surface area contributed by atoms with Gasteiger partial charge < -0.3 is 10.0 Å². The maximum absolute atomic E-state index is 10.1. The molecule has 1 unspecified atom stereocenters. The SMILES string of the molecule is CN1CCCCC1CCc1ccccc1-c1ccccc1O. The fourth-order valence-corrected chi connectivity index (χ4v) is 3.53. The van der Waals surface area contributed by atoms with Gasteiger partial charge >= 0.3 is 0 Å². The van der Waals surface area contributed by atoms with Crippen molar-refractivity contribution in [2.24, 2.45) is 0 Å². The third-order valence-electron chi connectivity index (χ3n) is 4.88. The molecule has 1 atom stereocenters. The summed E-state index contributed by atoms with van der Waals surface area (Å²) in [5.41, 5.74) is 3.44. The molecular formula is C20H25NO. The second-order valence-electron chi connectivity index (χ2n) is 6.34. The zero-order chi connectivity index (χ0) is 15.4. The zero-order valence-corrected chi connectivity index (χ0v) is 13.3. The van der Waals surface area contributed by atoms with Gasteiger partial charge in [-0.05, 0) is 56.5 Å². The van der Waals surface area contributed by atoms with Crippen LogP contribution in [0.25, 0.3) is 11.1 Å². The molecule has 0 spiro atoms. The van der Waals surface area contributed by atoms with Crippen molar-refractivity contribution < 1.29 is 5.11 Å². The summed E-state index contributed by atoms with van der Waals surface area (Å²) >= 11 is 0. The van der Waals surface area contributed by atoms with Crippen LogP contribution >= 0.6 is 0 Å². The second kappa shape index (κ2) is 6.97. The van der Waals surface area contributed by atoms with Crippen LogP contribution in [0.5, 0.6) is 5.75 Å². The third kappa shape index (κ3) is 3.33. The summed E-state index contributed by atoms with van der Waals surface area (Å²) in [7, 11) is 2.25. The van der Waals surface area contributed by atoms with Crippen molar-refractivity contribution in [1.82, 2.24) is 4.90 Å². The number of benzene rings is 2. The summed E-state index contributed by atoms with van der Waals surface area (Å²) in [6.45, 7) is 1.23. The molecule has 0 bridgehead atoms. The Morgan fingerprint density at radius 1 is 1.00 bits per heavy atom. The van der Waals surface area contributed by atoms with Crippen molar-refractivity contribution in [2.75, 3.05) is 13.6 Å². The topological polar surface area (TPSA) is 23.5 Å². The molecule has 1 fully saturated rings. The van der Waals surface area contributed by atoms with Crippen molar-refractivity contribution in [3.63, 3.8) is 0 Å². The van der Waals surface area contributed by atoms with Crippen LogP contribution in [0.1, 0.15) is 31.2 Å². The number of phenols is 1. The molecule has 0 amide bonds. The third-order valence-corrected chi connectivity index (χ3v) is 4.88. The number of aromatic hydroxyl groups is 1. The molecule has 2 nitrogen and oxygen atoms in total. The van der Waals surface area contributed by atoms with E-state index in [1.807, 2.05) is 18.2 Å². The predicted octanol–water partition coefficient (Wildman–Crippen LogP) is 4.48. The molecule has 0 aromatic heterocycles. The molecule has 3 rings (SSSR count). The van der Waals surface area contributed by atoms with Crippen LogP contribution in [-0.2, 0) is 6.42 Å². The second-order valence-corrected chi connectivity index (χ2v) is 6.34. The average molecular weight is 295 g/mol. The molecule has 116 valence electrons. The Morgan fingerprint density at radius 3 is 2.50 bits per heavy atom. The van der Waals surface area contributed by atoms with Crippen LogP contribution in [0, 0.1) is 0 Å². The molecule has 22 heavy (non-hydrogen) atoms. The molecule has 2 aromatic rings. The Bertz CT molecular complexity index is 623. The van der Waals surface area contributed by atoms with Crippen LogP contribution < -0.4 is 0 Å². The first-order valence-corrected chi connectivity index (χ1v) is 8.32. The minimum absolute atomic E-state index is 0.365. The molecule has 2 heteroatoms. The van der Waals surface area contributed by atoms with Crippen molar-refractivity contribution in [3.05, 3.63) is 54.1 Å². The highest BCUT2D eigenvalue weighted by molar-refractivity contribution is 5.72. The van der Waals surface area contributed by atoms with Gasteiger partial charge in [-0.2, -0.15) is 0 Å². The van der Waals surface area contributed by atoms with E-state index in [0.29, 0.717) is 11.8 Å². The number of likely N-dealkylation sites (tertiary alicyclic amines) is 1. The van der Waals surface area contributed by atoms with Gasteiger partial charge in [-0.3, -0.25) is 0 Å². The fraction of sp³-hybridized carbons (Fsp3) is 0.400. The van der Waals surface area contributed by atoms with E-state index in [-0.39, 0.29) is 0 Å². The molecular weight excluding hydrogens is 270 g/mol. The molecule has 1 N–H and O–H groups in total. The summed E-state index contributed by atoms with van der Waals surface area (Å²) in [6.07, 6.45) is 6.27. The van der Waals surface area contributed by atoms with E-state index in [4.69, 9.17) is 0 Å². The van der Waals surface area contributed by atoms with Crippen LogP contribution in [-0.4, -0.2) is 29.6 Å². The summed E-state index contributed by atoms with van der Waals surface area (Å²) in [5, 5.41) is 10.1. The lowest BCUT2D eigenvalue weighted by atomic mass is 9.92. The minimum Gasteiger partial charge on any atom is -0.507 e. The molecule has 1 aliphatic rings. The molecule has 0 saturated carbocycles. The number of phenolic OH excluding ortho intramolecular Hbond substituents is 1. The Morgan fingerprint density at radius 2 is 1.73 bits per heavy atom. The number of rotatable bonds is 4. The largest absolute Gasteiger partial charge is 0.507 e. The van der Waals surface area contributed by atoms with Crippen molar-refractivity contribution >= 4 is 0 Å². The van der Waals surface area contributed by atoms with Crippen LogP contribution in [0.3, 0.4) is 0 Å². The number of piperidine rings is 1. The Balaban J connectivity index is 1.78. The van der Waals surface area contributed by atoms with Gasteiger partial charge in [-0.1, -0.05) is 48.9 Å². The molecule has 0 aliphatic carbocycles. The smallest absolute Gasteiger partial charge is 0.123 e. The highest BCUT2D eigenvalue weighted by Crippen LogP contribution is 2.32. The number of hydrogen-bond donors (Lipinski definition) is 1. The van der Waals surface area contributed by atoms with Gasteiger partial charge in [-0.25, -0.2) is 0 Å². The van der Waals surface area contributed by atoms with E-state index in [9.17, 15) is 5.11 Å². The van der Waals surface area contributed by atoms with E-state index < -0.39 is 0 Å². The lowest BCUT2D eigenvalue weighted by Crippen LogP contribution is -2.36. The van der Waals surface area contributed by atoms with Gasteiger partial charge in [0.1, 0.15) is 5.75 Å². The van der Waals surface area contributed by atoms with Gasteiger partial charge in [0, 0.05) is 11.6 Å². The summed E-state index contributed by atoms with van der Waals surface area (Å²) in [6, 6.07) is 16.8. The fourth-order valence-electron chi connectivity index (χ4n) is 3.53. The summed E-state index contributed by atoms with van der Waals surface area (Å²) in [4.78, 5) is 2.51. The quantitative estimate of drug-likeness (QED) is 0.899. The molecule has 1 heterocycles. The normalized spacial score (nSPS) is 19.2. The van der Waals surface area contributed by atoms with E-state index in [1.54, 1.807) is 6.07 Å². The molecule has 1 saturated heterocycles. The highest BCUT2D eigenvalue weighted by Gasteiger charge is 2.19. The van der Waals surface area contributed by atoms with E-state index in [0.717, 1.165) is 12.0 Å². The number of hydrogen-bond acceptors (Lipinski definition) is 2. The van der Waals surface area contributed by atoms with Crippen LogP contribution in [0.4, 0.5) is 0 Å². The Labute approximate surface area is 133 Å². The molecule has 2 aromatic carbocycles. The Kier molecular flexibility index (Phi) is 4.79. The minimum atomic E-state index is 0.365. The average Bonchev–Trinajstić information content (AvgIpc) is 2.55. The first-order chi connectivity index (χ1) is 10.8. The first kappa shape index (κ1) is 15.1. The van der Waals surface area contributed by atoms with E-state index >= 15 is 0 Å². The lowest BCUT2D eigenvalue weighted by Gasteiger charge is -2.32. The van der Waals surface area contributed by atoms with Crippen LogP contribution in [0.15, 0.2) is 48.5 Å². The first-order valence-electron chi connectivity index (χ1n) is 8.32. The van der Waals surface area contributed by atoms with Gasteiger partial charge in [0.15, 0.2) is 0 Å². The van der Waals surface area contributed by atoms with Gasteiger partial charge in [-0.15, -0.1) is 0 Å². The highest BCUT2D eigenvalue weighted by atomic mass is 16.3. The van der Waals surface area contributed by atoms with Crippen molar-refractivity contribution in [3.8, 4) is 16.9 Å². The van der Waals surface area contributed by atoms with E-state index in [1.165, 1.54) is 43.4 Å². The number of aryl methyl sites for hydroxylation is 1. The van der Waals surface area contributed by atoms with Crippen molar-refractivity contribution in [2.45, 2.75) is 38.1 Å². The Hall–Kier alpha value is -1.80.